The number of anilines is 1. The van der Waals surface area contributed by atoms with Crippen LogP contribution in [0.2, 0.25) is 0 Å². The predicted molar refractivity (Wildman–Crippen MR) is 81.9 cm³/mol. The fourth-order valence-electron chi connectivity index (χ4n) is 2.30. The van der Waals surface area contributed by atoms with Crippen molar-refractivity contribution >= 4 is 22.6 Å². The number of hydrogen-bond acceptors (Lipinski definition) is 3. The van der Waals surface area contributed by atoms with Crippen LogP contribution in [0.4, 0.5) is 5.69 Å². The maximum Gasteiger partial charge on any atom is 0.305 e. The minimum atomic E-state index is -0.118. The van der Waals surface area contributed by atoms with Crippen LogP contribution in [0, 0.1) is 0 Å². The van der Waals surface area contributed by atoms with E-state index in [9.17, 15) is 4.79 Å². The standard InChI is InChI=1S/C16H22N2O2/c1-18-11-9-13-12-14(7-8-15(13)18)17-10-5-3-4-6-16(19)20-2/h7-9,11-12,17H,3-6,10H2,1-2H3. The van der Waals surface area contributed by atoms with Crippen LogP contribution in [-0.2, 0) is 16.6 Å². The summed E-state index contributed by atoms with van der Waals surface area (Å²) in [6.07, 6.45) is 5.58. The van der Waals surface area contributed by atoms with Crippen molar-refractivity contribution in [1.82, 2.24) is 4.57 Å². The topological polar surface area (TPSA) is 43.3 Å². The number of benzene rings is 1. The highest BCUT2D eigenvalue weighted by atomic mass is 16.5. The molecule has 0 saturated heterocycles. The number of methoxy groups -OCH3 is 1. The Morgan fingerprint density at radius 3 is 2.90 bits per heavy atom. The average molecular weight is 274 g/mol. The lowest BCUT2D eigenvalue weighted by Crippen LogP contribution is -2.03. The van der Waals surface area contributed by atoms with Gasteiger partial charge in [-0.15, -0.1) is 0 Å². The molecular formula is C16H22N2O2. The van der Waals surface area contributed by atoms with Crippen LogP contribution in [0.15, 0.2) is 30.5 Å². The zero-order valence-corrected chi connectivity index (χ0v) is 12.2. The Hall–Kier alpha value is -1.97. The summed E-state index contributed by atoms with van der Waals surface area (Å²) < 4.78 is 6.73. The maximum atomic E-state index is 11.0. The van der Waals surface area contributed by atoms with Crippen LogP contribution in [0.25, 0.3) is 10.9 Å². The van der Waals surface area contributed by atoms with Crippen molar-refractivity contribution in [3.63, 3.8) is 0 Å². The summed E-state index contributed by atoms with van der Waals surface area (Å²) in [6, 6.07) is 8.53. The molecule has 108 valence electrons. The molecule has 0 saturated carbocycles. The number of nitrogens with zero attached hydrogens (tertiary/aromatic N) is 1. The largest absolute Gasteiger partial charge is 0.469 e. The van der Waals surface area contributed by atoms with Crippen molar-refractivity contribution in [2.24, 2.45) is 7.05 Å². The van der Waals surface area contributed by atoms with Gasteiger partial charge in [0.2, 0.25) is 0 Å². The second-order valence-corrected chi connectivity index (χ2v) is 5.01. The molecule has 1 aromatic carbocycles. The molecule has 1 aromatic heterocycles. The van der Waals surface area contributed by atoms with Crippen LogP contribution in [0.3, 0.4) is 0 Å². The fourth-order valence-corrected chi connectivity index (χ4v) is 2.30. The minimum absolute atomic E-state index is 0.118. The van der Waals surface area contributed by atoms with Crippen LogP contribution >= 0.6 is 0 Å². The number of unbranched alkanes of at least 4 members (excludes halogenated alkanes) is 2. The molecule has 4 heteroatoms. The molecule has 0 bridgehead atoms. The number of carbonyl (C=O) groups excluding carboxylic acids is 1. The number of nitrogens with one attached hydrogen (secondary N) is 1. The van der Waals surface area contributed by atoms with Crippen molar-refractivity contribution in [2.45, 2.75) is 25.7 Å². The van der Waals surface area contributed by atoms with E-state index in [-0.39, 0.29) is 5.97 Å². The molecule has 0 radical (unpaired) electrons. The van der Waals surface area contributed by atoms with Crippen molar-refractivity contribution in [1.29, 1.82) is 0 Å². The first-order valence-electron chi connectivity index (χ1n) is 7.06. The molecule has 2 aromatic rings. The lowest BCUT2D eigenvalue weighted by atomic mass is 10.2. The number of fused-ring (bicyclic) bond motifs is 1. The molecule has 0 atom stereocenters. The van der Waals surface area contributed by atoms with E-state index in [1.54, 1.807) is 0 Å². The molecule has 0 aliphatic heterocycles. The third-order valence-electron chi connectivity index (χ3n) is 3.50. The molecular weight excluding hydrogens is 252 g/mol. The summed E-state index contributed by atoms with van der Waals surface area (Å²) >= 11 is 0. The second-order valence-electron chi connectivity index (χ2n) is 5.01. The van der Waals surface area contributed by atoms with E-state index in [2.05, 4.69) is 52.1 Å². The van der Waals surface area contributed by atoms with E-state index in [4.69, 9.17) is 0 Å². The first kappa shape index (κ1) is 14.4. The van der Waals surface area contributed by atoms with Gasteiger partial charge in [0, 0.05) is 42.8 Å². The quantitative estimate of drug-likeness (QED) is 0.622. The molecule has 1 N–H and O–H groups in total. The molecule has 0 fully saturated rings. The van der Waals surface area contributed by atoms with Gasteiger partial charge in [-0.1, -0.05) is 6.42 Å². The van der Waals surface area contributed by atoms with Gasteiger partial charge in [0.25, 0.3) is 0 Å². The van der Waals surface area contributed by atoms with Crippen LogP contribution in [0.5, 0.6) is 0 Å². The molecule has 4 nitrogen and oxygen atoms in total. The lowest BCUT2D eigenvalue weighted by Gasteiger charge is -2.07. The van der Waals surface area contributed by atoms with Gasteiger partial charge in [-0.05, 0) is 37.1 Å². The van der Waals surface area contributed by atoms with Gasteiger partial charge in [-0.25, -0.2) is 0 Å². The van der Waals surface area contributed by atoms with Gasteiger partial charge in [0.05, 0.1) is 7.11 Å². The Labute approximate surface area is 119 Å². The van der Waals surface area contributed by atoms with Gasteiger partial charge in [0.15, 0.2) is 0 Å². The zero-order valence-electron chi connectivity index (χ0n) is 12.2. The minimum Gasteiger partial charge on any atom is -0.469 e. The Morgan fingerprint density at radius 1 is 1.25 bits per heavy atom. The molecule has 2 rings (SSSR count). The number of rotatable bonds is 7. The van der Waals surface area contributed by atoms with Gasteiger partial charge < -0.3 is 14.6 Å². The highest BCUT2D eigenvalue weighted by molar-refractivity contribution is 5.83. The van der Waals surface area contributed by atoms with Crippen LogP contribution in [0.1, 0.15) is 25.7 Å². The number of ether oxygens (including phenoxy) is 1. The van der Waals surface area contributed by atoms with Gasteiger partial charge in [-0.3, -0.25) is 4.79 Å². The maximum absolute atomic E-state index is 11.0. The summed E-state index contributed by atoms with van der Waals surface area (Å²) in [6.45, 7) is 0.930. The molecule has 20 heavy (non-hydrogen) atoms. The third-order valence-corrected chi connectivity index (χ3v) is 3.50. The van der Waals surface area contributed by atoms with E-state index in [1.807, 2.05) is 0 Å². The van der Waals surface area contributed by atoms with Crippen molar-refractivity contribution in [3.05, 3.63) is 30.5 Å². The first-order chi connectivity index (χ1) is 9.70. The number of carbonyl (C=O) groups is 1. The molecule has 1 heterocycles. The number of hydrogen-bond donors (Lipinski definition) is 1. The molecule has 0 spiro atoms. The zero-order chi connectivity index (χ0) is 14.4. The predicted octanol–water partition coefficient (Wildman–Crippen LogP) is 3.32. The van der Waals surface area contributed by atoms with E-state index < -0.39 is 0 Å². The van der Waals surface area contributed by atoms with Crippen LogP contribution in [-0.4, -0.2) is 24.2 Å². The molecule has 0 unspecified atom stereocenters. The number of esters is 1. The summed E-state index contributed by atoms with van der Waals surface area (Å²) in [4.78, 5) is 11.0. The SMILES string of the molecule is COC(=O)CCCCCNc1ccc2c(ccn2C)c1. The normalized spacial score (nSPS) is 10.7. The van der Waals surface area contributed by atoms with Crippen LogP contribution < -0.4 is 5.32 Å². The third kappa shape index (κ3) is 3.76. The Balaban J connectivity index is 1.72. The van der Waals surface area contributed by atoms with Crippen molar-refractivity contribution in [3.8, 4) is 0 Å². The molecule has 0 amide bonds. The number of aromatic nitrogens is 1. The highest BCUT2D eigenvalue weighted by Crippen LogP contribution is 2.19. The van der Waals surface area contributed by atoms with Gasteiger partial charge in [0.1, 0.15) is 0 Å². The van der Waals surface area contributed by atoms with E-state index in [1.165, 1.54) is 18.0 Å². The first-order valence-corrected chi connectivity index (χ1v) is 7.06. The Kier molecular flexibility index (Phi) is 5.04. The van der Waals surface area contributed by atoms with Gasteiger partial charge in [-0.2, -0.15) is 0 Å². The monoisotopic (exact) mass is 274 g/mol. The summed E-state index contributed by atoms with van der Waals surface area (Å²) in [5.41, 5.74) is 2.39. The summed E-state index contributed by atoms with van der Waals surface area (Å²) in [5, 5.41) is 4.68. The van der Waals surface area contributed by atoms with Crippen molar-refractivity contribution in [2.75, 3.05) is 19.0 Å². The van der Waals surface area contributed by atoms with E-state index >= 15 is 0 Å². The molecule has 0 aliphatic rings. The van der Waals surface area contributed by atoms with E-state index in [0.717, 1.165) is 31.5 Å². The fraction of sp³-hybridized carbons (Fsp3) is 0.438. The summed E-state index contributed by atoms with van der Waals surface area (Å²) in [7, 11) is 3.49. The molecule has 0 aliphatic carbocycles. The smallest absolute Gasteiger partial charge is 0.305 e. The van der Waals surface area contributed by atoms with E-state index in [0.29, 0.717) is 6.42 Å². The Morgan fingerprint density at radius 2 is 2.10 bits per heavy atom. The highest BCUT2D eigenvalue weighted by Gasteiger charge is 2.01. The summed E-state index contributed by atoms with van der Waals surface area (Å²) in [5.74, 6) is -0.118. The van der Waals surface area contributed by atoms with Gasteiger partial charge >= 0.3 is 5.97 Å². The average Bonchev–Trinajstić information content (AvgIpc) is 2.83. The lowest BCUT2D eigenvalue weighted by molar-refractivity contribution is -0.140. The second kappa shape index (κ2) is 6.98. The van der Waals surface area contributed by atoms with Crippen molar-refractivity contribution < 1.29 is 9.53 Å². The Bertz CT molecular complexity index is 575. The number of aryl methyl sites for hydroxylation is 1.